The Labute approximate surface area is 495 Å². The fourth-order valence-corrected chi connectivity index (χ4v) is 9.45. The lowest BCUT2D eigenvalue weighted by molar-refractivity contribution is -0.167. The molecule has 1 unspecified atom stereocenters. The number of allylic oxidation sites excluding steroid dienone is 18. The first kappa shape index (κ1) is 76.1. The fourth-order valence-electron chi connectivity index (χ4n) is 9.45. The predicted octanol–water partition coefficient (Wildman–Crippen LogP) is 23.4. The zero-order chi connectivity index (χ0) is 57.8. The van der Waals surface area contributed by atoms with Gasteiger partial charge in [-0.25, -0.2) is 0 Å². The molecule has 0 aliphatic rings. The first-order valence-corrected chi connectivity index (χ1v) is 33.9. The molecule has 0 aromatic heterocycles. The monoisotopic (exact) mass is 1110 g/mol. The number of rotatable bonds is 61. The maximum absolute atomic E-state index is 12.9. The maximum atomic E-state index is 12.9. The fraction of sp³-hybridized carbons (Fsp3) is 0.716. The van der Waals surface area contributed by atoms with E-state index in [9.17, 15) is 14.4 Å². The van der Waals surface area contributed by atoms with E-state index < -0.39 is 6.10 Å². The highest BCUT2D eigenvalue weighted by Crippen LogP contribution is 2.17. The van der Waals surface area contributed by atoms with Crippen molar-refractivity contribution in [1.29, 1.82) is 0 Å². The maximum Gasteiger partial charge on any atom is 0.306 e. The Morgan fingerprint density at radius 2 is 0.487 bits per heavy atom. The molecule has 0 aromatic carbocycles. The molecule has 0 aliphatic carbocycles. The van der Waals surface area contributed by atoms with Crippen LogP contribution in [-0.2, 0) is 28.6 Å². The summed E-state index contributed by atoms with van der Waals surface area (Å²) in [6.07, 6.45) is 92.5. The number of unbranched alkanes of at least 4 members (excludes halogenated alkanes) is 32. The highest BCUT2D eigenvalue weighted by atomic mass is 16.6. The van der Waals surface area contributed by atoms with Crippen LogP contribution in [0.2, 0.25) is 0 Å². The van der Waals surface area contributed by atoms with E-state index in [4.69, 9.17) is 14.2 Å². The first-order valence-electron chi connectivity index (χ1n) is 33.9. The van der Waals surface area contributed by atoms with Gasteiger partial charge in [0.25, 0.3) is 0 Å². The van der Waals surface area contributed by atoms with Crippen LogP contribution in [-0.4, -0.2) is 37.2 Å². The molecule has 0 amide bonds. The highest BCUT2D eigenvalue weighted by Gasteiger charge is 2.19. The number of ether oxygens (including phenoxy) is 3. The molecule has 1 atom stereocenters. The normalized spacial score (nSPS) is 12.8. The Morgan fingerprint density at radius 3 is 0.800 bits per heavy atom. The van der Waals surface area contributed by atoms with Gasteiger partial charge >= 0.3 is 17.9 Å². The molecule has 0 radical (unpaired) electrons. The van der Waals surface area contributed by atoms with Gasteiger partial charge in [0.15, 0.2) is 6.10 Å². The van der Waals surface area contributed by atoms with E-state index in [-0.39, 0.29) is 31.1 Å². The third-order valence-corrected chi connectivity index (χ3v) is 14.5. The van der Waals surface area contributed by atoms with Crippen molar-refractivity contribution in [3.63, 3.8) is 0 Å². The average molecular weight is 1110 g/mol. The average Bonchev–Trinajstić information content (AvgIpc) is 3.46. The summed E-state index contributed by atoms with van der Waals surface area (Å²) in [6.45, 7) is 6.52. The van der Waals surface area contributed by atoms with Crippen LogP contribution in [0.5, 0.6) is 0 Å². The number of carbonyl (C=O) groups is 3. The van der Waals surface area contributed by atoms with Crippen molar-refractivity contribution < 1.29 is 28.6 Å². The molecule has 0 heterocycles. The highest BCUT2D eigenvalue weighted by molar-refractivity contribution is 5.71. The molecule has 0 fully saturated rings. The third kappa shape index (κ3) is 64.9. The molecular weight excluding hydrogens is 985 g/mol. The number of hydrogen-bond acceptors (Lipinski definition) is 6. The predicted molar refractivity (Wildman–Crippen MR) is 348 cm³/mol. The van der Waals surface area contributed by atoms with E-state index in [1.54, 1.807) is 0 Å². The summed E-state index contributed by atoms with van der Waals surface area (Å²) < 4.78 is 16.9. The SMILES string of the molecule is CC/C=C\C/C=C\C/C=C\C/C=C\C/C=C\C/C=C\C/C=C\C/C=C\CCCCCCCCC(=O)OCC(COC(=O)CCCCCCC/C=C\CCCCC)OC(=O)CCCCCCCCCCCCCCCCCCCCC. The summed E-state index contributed by atoms with van der Waals surface area (Å²) in [6, 6.07) is 0. The summed E-state index contributed by atoms with van der Waals surface area (Å²) in [5, 5.41) is 0. The second-order valence-corrected chi connectivity index (χ2v) is 22.4. The van der Waals surface area contributed by atoms with E-state index in [1.807, 2.05) is 0 Å². The Balaban J connectivity index is 4.30. The van der Waals surface area contributed by atoms with Gasteiger partial charge in [-0.15, -0.1) is 0 Å². The van der Waals surface area contributed by atoms with Crippen molar-refractivity contribution in [2.45, 2.75) is 329 Å². The third-order valence-electron chi connectivity index (χ3n) is 14.5. The number of carbonyl (C=O) groups excluding carboxylic acids is 3. The number of esters is 3. The minimum absolute atomic E-state index is 0.0847. The van der Waals surface area contributed by atoms with E-state index in [0.717, 1.165) is 128 Å². The lowest BCUT2D eigenvalue weighted by Gasteiger charge is -2.18. The summed E-state index contributed by atoms with van der Waals surface area (Å²) in [4.78, 5) is 38.3. The van der Waals surface area contributed by atoms with Crippen LogP contribution in [0, 0.1) is 0 Å². The van der Waals surface area contributed by atoms with E-state index in [0.29, 0.717) is 19.3 Å². The molecule has 0 rings (SSSR count). The molecule has 0 bridgehead atoms. The quantitative estimate of drug-likeness (QED) is 0.0261. The van der Waals surface area contributed by atoms with Gasteiger partial charge < -0.3 is 14.2 Å². The summed E-state index contributed by atoms with van der Waals surface area (Å²) in [5.74, 6) is -0.896. The van der Waals surface area contributed by atoms with Crippen LogP contribution in [0.4, 0.5) is 0 Å². The van der Waals surface area contributed by atoms with Crippen molar-refractivity contribution in [1.82, 2.24) is 0 Å². The van der Waals surface area contributed by atoms with Gasteiger partial charge in [-0.05, 0) is 109 Å². The van der Waals surface area contributed by atoms with Crippen LogP contribution in [0.3, 0.4) is 0 Å². The zero-order valence-electron chi connectivity index (χ0n) is 52.6. The number of hydrogen-bond donors (Lipinski definition) is 0. The smallest absolute Gasteiger partial charge is 0.306 e. The molecule has 0 N–H and O–H groups in total. The van der Waals surface area contributed by atoms with Crippen LogP contribution in [0.25, 0.3) is 0 Å². The van der Waals surface area contributed by atoms with Crippen LogP contribution in [0.1, 0.15) is 323 Å². The lowest BCUT2D eigenvalue weighted by atomic mass is 10.0. The molecule has 0 saturated carbocycles. The second-order valence-electron chi connectivity index (χ2n) is 22.4. The largest absolute Gasteiger partial charge is 0.462 e. The van der Waals surface area contributed by atoms with Crippen LogP contribution >= 0.6 is 0 Å². The lowest BCUT2D eigenvalue weighted by Crippen LogP contribution is -2.30. The molecule has 6 heteroatoms. The summed E-state index contributed by atoms with van der Waals surface area (Å²) >= 11 is 0. The molecule has 0 aliphatic heterocycles. The van der Waals surface area contributed by atoms with Gasteiger partial charge in [0.2, 0.25) is 0 Å². The van der Waals surface area contributed by atoms with Crippen molar-refractivity contribution in [3.05, 3.63) is 109 Å². The first-order chi connectivity index (χ1) is 39.5. The summed E-state index contributed by atoms with van der Waals surface area (Å²) in [5.41, 5.74) is 0. The van der Waals surface area contributed by atoms with Gasteiger partial charge in [-0.2, -0.15) is 0 Å². The standard InChI is InChI=1S/C74H126O6/c1-4-7-10-13-16-19-22-25-27-29-31-32-33-34-35-36-37-38-39-40-41-42-44-45-47-49-52-55-58-61-64-67-73(76)79-70-71(69-78-72(75)66-63-60-57-54-51-24-21-18-15-12-9-6-3)80-74(77)68-65-62-59-56-53-50-48-46-43-30-28-26-23-20-17-14-11-8-5-2/h7,10,16,18-19,21,25,27,31-32,34-35,37-38,40-41,44-45,71H,4-6,8-9,11-15,17,20,22-24,26,28-30,33,36,39,42-43,46-70H2,1-3H3/b10-7-,19-16-,21-18-,27-25-,32-31-,35-34-,38-37-,41-40-,45-44-. The van der Waals surface area contributed by atoms with Gasteiger partial charge in [0, 0.05) is 19.3 Å². The molecule has 0 aromatic rings. The molecule has 80 heavy (non-hydrogen) atoms. The molecule has 458 valence electrons. The minimum Gasteiger partial charge on any atom is -0.462 e. The second kappa shape index (κ2) is 67.6. The molecule has 0 saturated heterocycles. The van der Waals surface area contributed by atoms with E-state index in [2.05, 4.69) is 130 Å². The van der Waals surface area contributed by atoms with Gasteiger partial charge in [0.1, 0.15) is 13.2 Å². The zero-order valence-corrected chi connectivity index (χ0v) is 52.6. The molecule has 6 nitrogen and oxygen atoms in total. The molecule has 0 spiro atoms. The topological polar surface area (TPSA) is 78.9 Å². The van der Waals surface area contributed by atoms with Crippen molar-refractivity contribution in [2.24, 2.45) is 0 Å². The van der Waals surface area contributed by atoms with Crippen molar-refractivity contribution in [3.8, 4) is 0 Å². The Morgan fingerprint density at radius 1 is 0.263 bits per heavy atom. The van der Waals surface area contributed by atoms with Gasteiger partial charge in [0.05, 0.1) is 0 Å². The minimum atomic E-state index is -0.788. The Bertz CT molecular complexity index is 1610. The summed E-state index contributed by atoms with van der Waals surface area (Å²) in [7, 11) is 0. The van der Waals surface area contributed by atoms with Gasteiger partial charge in [-0.3, -0.25) is 14.4 Å². The van der Waals surface area contributed by atoms with Crippen LogP contribution in [0.15, 0.2) is 109 Å². The van der Waals surface area contributed by atoms with Crippen molar-refractivity contribution in [2.75, 3.05) is 13.2 Å². The van der Waals surface area contributed by atoms with Crippen molar-refractivity contribution >= 4 is 17.9 Å². The van der Waals surface area contributed by atoms with Crippen LogP contribution < -0.4 is 0 Å². The Hall–Kier alpha value is -3.93. The Kier molecular flexibility index (Phi) is 64.3. The van der Waals surface area contributed by atoms with E-state index in [1.165, 1.54) is 154 Å². The van der Waals surface area contributed by atoms with Gasteiger partial charge in [-0.1, -0.05) is 304 Å². The molecular formula is C74H126O6. The van der Waals surface area contributed by atoms with E-state index >= 15 is 0 Å².